The molecule has 1 nitrogen and oxygen atoms in total. The highest BCUT2D eigenvalue weighted by Gasteiger charge is 2.07. The van der Waals surface area contributed by atoms with Crippen molar-refractivity contribution in [2.45, 2.75) is 27.7 Å². The molecule has 1 aromatic carbocycles. The zero-order valence-corrected chi connectivity index (χ0v) is 10.7. The minimum Gasteiger partial charge on any atom is -0.381 e. The highest BCUT2D eigenvalue weighted by molar-refractivity contribution is 5.71. The maximum Gasteiger partial charge on any atom is 0.0421 e. The molecule has 0 fully saturated rings. The number of dihydropyridines is 1. The van der Waals surface area contributed by atoms with Crippen molar-refractivity contribution in [2.75, 3.05) is 6.54 Å². The Morgan fingerprint density at radius 1 is 1.06 bits per heavy atom. The van der Waals surface area contributed by atoms with E-state index in [4.69, 9.17) is 0 Å². The van der Waals surface area contributed by atoms with Crippen LogP contribution in [0.5, 0.6) is 0 Å². The second-order valence-electron chi connectivity index (χ2n) is 3.66. The minimum absolute atomic E-state index is 0.930. The van der Waals surface area contributed by atoms with Gasteiger partial charge in [0.05, 0.1) is 0 Å². The highest BCUT2D eigenvalue weighted by Crippen LogP contribution is 2.21. The zero-order chi connectivity index (χ0) is 12.0. The summed E-state index contributed by atoms with van der Waals surface area (Å²) in [5, 5.41) is 3.39. The van der Waals surface area contributed by atoms with Gasteiger partial charge in [0.15, 0.2) is 0 Å². The van der Waals surface area contributed by atoms with Gasteiger partial charge in [-0.25, -0.2) is 0 Å². The number of aryl methyl sites for hydroxylation is 2. The van der Waals surface area contributed by atoms with E-state index in [0.29, 0.717) is 0 Å². The molecule has 0 spiro atoms. The highest BCUT2D eigenvalue weighted by atomic mass is 14.9. The Labute approximate surface area is 98.9 Å². The lowest BCUT2D eigenvalue weighted by atomic mass is 9.99. The van der Waals surface area contributed by atoms with Gasteiger partial charge in [-0.1, -0.05) is 44.2 Å². The Morgan fingerprint density at radius 2 is 1.69 bits per heavy atom. The van der Waals surface area contributed by atoms with Crippen molar-refractivity contribution in [1.29, 1.82) is 0 Å². The van der Waals surface area contributed by atoms with E-state index in [1.807, 2.05) is 13.8 Å². The van der Waals surface area contributed by atoms with Crippen LogP contribution in [-0.4, -0.2) is 6.54 Å². The van der Waals surface area contributed by atoms with Gasteiger partial charge in [-0.05, 0) is 31.1 Å². The average molecular weight is 215 g/mol. The third-order valence-corrected chi connectivity index (χ3v) is 2.56. The average Bonchev–Trinajstić information content (AvgIpc) is 2.33. The molecule has 0 bridgehead atoms. The van der Waals surface area contributed by atoms with E-state index < -0.39 is 0 Å². The summed E-state index contributed by atoms with van der Waals surface area (Å²) in [7, 11) is 0. The SMILES string of the molecule is CC.Cc1cccc(C)c1C1=CC=CCN1. The predicted molar refractivity (Wildman–Crippen MR) is 72.4 cm³/mol. The van der Waals surface area contributed by atoms with Crippen LogP contribution in [0.15, 0.2) is 36.4 Å². The van der Waals surface area contributed by atoms with Crippen molar-refractivity contribution in [3.05, 3.63) is 53.1 Å². The molecule has 2 rings (SSSR count). The molecule has 1 heterocycles. The molecular weight excluding hydrogens is 194 g/mol. The van der Waals surface area contributed by atoms with Gasteiger partial charge in [0.1, 0.15) is 0 Å². The summed E-state index contributed by atoms with van der Waals surface area (Å²) in [6, 6.07) is 6.42. The van der Waals surface area contributed by atoms with Crippen LogP contribution >= 0.6 is 0 Å². The van der Waals surface area contributed by atoms with Crippen molar-refractivity contribution in [2.24, 2.45) is 0 Å². The Hall–Kier alpha value is -1.50. The lowest BCUT2D eigenvalue weighted by Gasteiger charge is -2.16. The van der Waals surface area contributed by atoms with E-state index in [2.05, 4.69) is 55.6 Å². The Morgan fingerprint density at radius 3 is 2.19 bits per heavy atom. The van der Waals surface area contributed by atoms with Crippen LogP contribution in [-0.2, 0) is 0 Å². The molecule has 86 valence electrons. The molecule has 0 saturated carbocycles. The summed E-state index contributed by atoms with van der Waals surface area (Å²) in [5.41, 5.74) is 5.25. The Balaban J connectivity index is 0.000000606. The first-order valence-corrected chi connectivity index (χ1v) is 5.96. The fourth-order valence-corrected chi connectivity index (χ4v) is 1.87. The van der Waals surface area contributed by atoms with Gasteiger partial charge in [-0.2, -0.15) is 0 Å². The minimum atomic E-state index is 0.930. The van der Waals surface area contributed by atoms with E-state index in [0.717, 1.165) is 6.54 Å². The summed E-state index contributed by atoms with van der Waals surface area (Å²) in [6.45, 7) is 9.24. The summed E-state index contributed by atoms with van der Waals surface area (Å²) in [6.07, 6.45) is 6.37. The molecular formula is C15H21N. The van der Waals surface area contributed by atoms with E-state index in [9.17, 15) is 0 Å². The van der Waals surface area contributed by atoms with E-state index in [-0.39, 0.29) is 0 Å². The van der Waals surface area contributed by atoms with Gasteiger partial charge in [-0.15, -0.1) is 0 Å². The fourth-order valence-electron chi connectivity index (χ4n) is 1.87. The molecule has 0 aromatic heterocycles. The van der Waals surface area contributed by atoms with Crippen molar-refractivity contribution >= 4 is 5.70 Å². The molecule has 1 aromatic rings. The van der Waals surface area contributed by atoms with Gasteiger partial charge in [-0.3, -0.25) is 0 Å². The maximum absolute atomic E-state index is 3.39. The summed E-state index contributed by atoms with van der Waals surface area (Å²) >= 11 is 0. The van der Waals surface area contributed by atoms with Crippen LogP contribution in [0.4, 0.5) is 0 Å². The smallest absolute Gasteiger partial charge is 0.0421 e. The number of rotatable bonds is 1. The van der Waals surface area contributed by atoms with Crippen LogP contribution in [0.2, 0.25) is 0 Å². The fraction of sp³-hybridized carbons (Fsp3) is 0.333. The summed E-state index contributed by atoms with van der Waals surface area (Å²) < 4.78 is 0. The monoisotopic (exact) mass is 215 g/mol. The van der Waals surface area contributed by atoms with Crippen LogP contribution in [0.25, 0.3) is 5.70 Å². The van der Waals surface area contributed by atoms with Gasteiger partial charge < -0.3 is 5.32 Å². The van der Waals surface area contributed by atoms with Crippen molar-refractivity contribution < 1.29 is 0 Å². The zero-order valence-electron chi connectivity index (χ0n) is 10.7. The Bertz CT molecular complexity index is 380. The molecule has 0 unspecified atom stereocenters. The largest absolute Gasteiger partial charge is 0.381 e. The molecule has 0 amide bonds. The third kappa shape index (κ3) is 2.75. The number of nitrogens with one attached hydrogen (secondary N) is 1. The first kappa shape index (κ1) is 12.6. The Kier molecular flexibility index (Phi) is 4.84. The van der Waals surface area contributed by atoms with E-state index in [1.54, 1.807) is 0 Å². The number of allylic oxidation sites excluding steroid dienone is 2. The molecule has 16 heavy (non-hydrogen) atoms. The van der Waals surface area contributed by atoms with Crippen LogP contribution in [0.1, 0.15) is 30.5 Å². The quantitative estimate of drug-likeness (QED) is 0.750. The lowest BCUT2D eigenvalue weighted by molar-refractivity contribution is 0.989. The molecule has 0 aliphatic carbocycles. The van der Waals surface area contributed by atoms with Gasteiger partial charge in [0, 0.05) is 17.8 Å². The van der Waals surface area contributed by atoms with Gasteiger partial charge >= 0.3 is 0 Å². The second-order valence-corrected chi connectivity index (χ2v) is 3.66. The molecule has 1 aliphatic heterocycles. The van der Waals surface area contributed by atoms with Crippen molar-refractivity contribution in [3.63, 3.8) is 0 Å². The molecule has 0 atom stereocenters. The summed E-state index contributed by atoms with van der Waals surface area (Å²) in [5.74, 6) is 0. The normalized spacial score (nSPS) is 13.4. The maximum atomic E-state index is 3.39. The first-order chi connectivity index (χ1) is 7.79. The van der Waals surface area contributed by atoms with Crippen LogP contribution in [0, 0.1) is 13.8 Å². The van der Waals surface area contributed by atoms with Crippen LogP contribution in [0.3, 0.4) is 0 Å². The number of benzene rings is 1. The van der Waals surface area contributed by atoms with E-state index in [1.165, 1.54) is 22.4 Å². The number of hydrogen-bond acceptors (Lipinski definition) is 1. The third-order valence-electron chi connectivity index (χ3n) is 2.56. The van der Waals surface area contributed by atoms with Crippen molar-refractivity contribution in [3.8, 4) is 0 Å². The molecule has 1 aliphatic rings. The molecule has 1 N–H and O–H groups in total. The van der Waals surface area contributed by atoms with E-state index >= 15 is 0 Å². The predicted octanol–water partition coefficient (Wildman–Crippen LogP) is 3.83. The first-order valence-electron chi connectivity index (χ1n) is 5.96. The summed E-state index contributed by atoms with van der Waals surface area (Å²) in [4.78, 5) is 0. The van der Waals surface area contributed by atoms with Crippen molar-refractivity contribution in [1.82, 2.24) is 5.32 Å². The molecule has 1 heteroatoms. The molecule has 0 saturated heterocycles. The van der Waals surface area contributed by atoms with Crippen LogP contribution < -0.4 is 5.32 Å². The van der Waals surface area contributed by atoms with Gasteiger partial charge in [0.2, 0.25) is 0 Å². The van der Waals surface area contributed by atoms with Gasteiger partial charge in [0.25, 0.3) is 0 Å². The topological polar surface area (TPSA) is 12.0 Å². The lowest BCUT2D eigenvalue weighted by Crippen LogP contribution is -2.15. The second kappa shape index (κ2) is 6.16. The molecule has 0 radical (unpaired) electrons. The number of hydrogen-bond donors (Lipinski definition) is 1. The standard InChI is InChI=1S/C13H15N.C2H6/c1-10-6-5-7-11(2)13(10)12-8-3-4-9-14-12;1-2/h3-8,14H,9H2,1-2H3;1-2H3.